The van der Waals surface area contributed by atoms with E-state index >= 15 is 0 Å². The van der Waals surface area contributed by atoms with Crippen LogP contribution in [0.5, 0.6) is 11.6 Å². The minimum Gasteiger partial charge on any atom is -0.494 e. The molecule has 0 bridgehead atoms. The van der Waals surface area contributed by atoms with Crippen molar-refractivity contribution in [2.45, 2.75) is 39.2 Å². The number of ether oxygens (including phenoxy) is 2. The number of hydrogen-bond donors (Lipinski definition) is 1. The molecule has 0 aliphatic carbocycles. The largest absolute Gasteiger partial charge is 0.494 e. The van der Waals surface area contributed by atoms with Crippen molar-refractivity contribution in [1.29, 1.82) is 0 Å². The fourth-order valence-electron chi connectivity index (χ4n) is 4.12. The lowest BCUT2D eigenvalue weighted by atomic mass is 9.93. The molecule has 4 rings (SSSR count). The number of carbonyl (C=O) groups is 1. The number of methoxy groups -OCH3 is 1. The first kappa shape index (κ1) is 21.6. The maximum Gasteiger partial charge on any atom is 0.308 e. The zero-order valence-electron chi connectivity index (χ0n) is 18.1. The Morgan fingerprint density at radius 2 is 1.97 bits per heavy atom. The van der Waals surface area contributed by atoms with Crippen LogP contribution in [-0.2, 0) is 16.0 Å². The van der Waals surface area contributed by atoms with Crippen LogP contribution >= 0.6 is 11.3 Å². The van der Waals surface area contributed by atoms with Crippen LogP contribution in [-0.4, -0.2) is 57.4 Å². The van der Waals surface area contributed by atoms with E-state index in [0.29, 0.717) is 23.8 Å². The number of aromatic hydroxyl groups is 1. The number of nitrogens with zero attached hydrogens (tertiary/aromatic N) is 4. The van der Waals surface area contributed by atoms with E-state index in [0.717, 1.165) is 42.1 Å². The van der Waals surface area contributed by atoms with E-state index in [1.807, 2.05) is 38.1 Å². The van der Waals surface area contributed by atoms with Crippen molar-refractivity contribution in [3.8, 4) is 11.6 Å². The molecule has 2 aromatic heterocycles. The van der Waals surface area contributed by atoms with Gasteiger partial charge in [0, 0.05) is 6.42 Å². The molecule has 1 aromatic carbocycles. The van der Waals surface area contributed by atoms with Gasteiger partial charge >= 0.3 is 5.97 Å². The van der Waals surface area contributed by atoms with Crippen LogP contribution in [0.4, 0.5) is 0 Å². The molecule has 166 valence electrons. The summed E-state index contributed by atoms with van der Waals surface area (Å²) in [7, 11) is 1.44. The molecule has 1 fully saturated rings. The average Bonchev–Trinajstić information content (AvgIpc) is 3.34. The Labute approximate surface area is 185 Å². The molecule has 1 saturated heterocycles. The maximum atomic E-state index is 12.0. The molecule has 0 saturated carbocycles. The molecule has 1 aliphatic heterocycles. The quantitative estimate of drug-likeness (QED) is 0.559. The molecule has 9 heteroatoms. The third kappa shape index (κ3) is 4.24. The molecule has 31 heavy (non-hydrogen) atoms. The van der Waals surface area contributed by atoms with E-state index in [1.54, 1.807) is 0 Å². The number of esters is 1. The van der Waals surface area contributed by atoms with Gasteiger partial charge in [-0.05, 0) is 50.6 Å². The minimum absolute atomic E-state index is 0.0785. The highest BCUT2D eigenvalue weighted by Crippen LogP contribution is 2.41. The van der Waals surface area contributed by atoms with Crippen LogP contribution < -0.4 is 4.74 Å². The van der Waals surface area contributed by atoms with Crippen molar-refractivity contribution in [2.75, 3.05) is 26.8 Å². The lowest BCUT2D eigenvalue weighted by molar-refractivity contribution is -0.147. The van der Waals surface area contributed by atoms with E-state index in [2.05, 4.69) is 15.0 Å². The number of thiazole rings is 1. The average molecular weight is 445 g/mol. The standard InChI is InChI=1S/C22H28N4O4S/c1-4-17-23-22-26(24-17)20(27)19(31-22)18(14-6-8-16(9-7-14)30-5-2)25-12-10-15(11-13-25)21(28)29-3/h6-9,15,18,27H,4-5,10-13H2,1-3H3/t18-/m0/s1. The highest BCUT2D eigenvalue weighted by atomic mass is 32.1. The minimum atomic E-state index is -0.159. The fraction of sp³-hybridized carbons (Fsp3) is 0.500. The number of likely N-dealkylation sites (tertiary alicyclic amines) is 1. The SMILES string of the molecule is CCOc1ccc([C@@H](c2sc3nc(CC)nn3c2O)N2CCC(C(=O)OC)CC2)cc1. The van der Waals surface area contributed by atoms with Crippen LogP contribution in [0.25, 0.3) is 4.96 Å². The van der Waals surface area contributed by atoms with Gasteiger partial charge in [-0.15, -0.1) is 5.10 Å². The van der Waals surface area contributed by atoms with Crippen LogP contribution in [0.2, 0.25) is 0 Å². The van der Waals surface area contributed by atoms with Gasteiger partial charge in [0.05, 0.1) is 30.6 Å². The number of carbonyl (C=O) groups excluding carboxylic acids is 1. The summed E-state index contributed by atoms with van der Waals surface area (Å²) in [5.74, 6) is 1.43. The third-order valence-corrected chi connectivity index (χ3v) is 6.82. The predicted octanol–water partition coefficient (Wildman–Crippen LogP) is 3.43. The molecule has 1 aliphatic rings. The summed E-state index contributed by atoms with van der Waals surface area (Å²) >= 11 is 1.46. The zero-order valence-corrected chi connectivity index (χ0v) is 18.9. The third-order valence-electron chi connectivity index (χ3n) is 5.74. The van der Waals surface area contributed by atoms with Crippen molar-refractivity contribution in [1.82, 2.24) is 19.5 Å². The zero-order chi connectivity index (χ0) is 22.0. The molecule has 0 unspecified atom stereocenters. The second-order valence-electron chi connectivity index (χ2n) is 7.60. The van der Waals surface area contributed by atoms with Crippen LogP contribution in [0.1, 0.15) is 49.0 Å². The van der Waals surface area contributed by atoms with Gasteiger partial charge < -0.3 is 14.6 Å². The molecule has 3 aromatic rings. The van der Waals surface area contributed by atoms with Gasteiger partial charge in [0.25, 0.3) is 0 Å². The number of aryl methyl sites for hydroxylation is 1. The number of hydrogen-bond acceptors (Lipinski definition) is 8. The Kier molecular flexibility index (Phi) is 6.43. The maximum absolute atomic E-state index is 12.0. The highest BCUT2D eigenvalue weighted by molar-refractivity contribution is 7.17. The lowest BCUT2D eigenvalue weighted by Gasteiger charge is -2.36. The van der Waals surface area contributed by atoms with Gasteiger partial charge in [-0.3, -0.25) is 9.69 Å². The van der Waals surface area contributed by atoms with E-state index in [-0.39, 0.29) is 23.8 Å². The first-order valence-corrected chi connectivity index (χ1v) is 11.5. The van der Waals surface area contributed by atoms with Gasteiger partial charge in [0.15, 0.2) is 5.82 Å². The Hall–Kier alpha value is -2.65. The Bertz CT molecular complexity index is 1040. The molecule has 8 nitrogen and oxygen atoms in total. The second-order valence-corrected chi connectivity index (χ2v) is 8.61. The Morgan fingerprint density at radius 3 is 2.55 bits per heavy atom. The van der Waals surface area contributed by atoms with Gasteiger partial charge in [-0.1, -0.05) is 30.4 Å². The van der Waals surface area contributed by atoms with E-state index in [4.69, 9.17) is 9.47 Å². The molecule has 1 atom stereocenters. The van der Waals surface area contributed by atoms with Crippen LogP contribution in [0, 0.1) is 5.92 Å². The van der Waals surface area contributed by atoms with Crippen LogP contribution in [0.15, 0.2) is 24.3 Å². The van der Waals surface area contributed by atoms with Gasteiger partial charge in [-0.2, -0.15) is 4.52 Å². The summed E-state index contributed by atoms with van der Waals surface area (Å²) in [6.45, 7) is 6.01. The molecular weight excluding hydrogens is 416 g/mol. The predicted molar refractivity (Wildman–Crippen MR) is 118 cm³/mol. The number of benzene rings is 1. The van der Waals surface area contributed by atoms with Crippen LogP contribution in [0.3, 0.4) is 0 Å². The van der Waals surface area contributed by atoms with E-state index in [9.17, 15) is 9.90 Å². The Balaban J connectivity index is 1.69. The van der Waals surface area contributed by atoms with E-state index < -0.39 is 0 Å². The summed E-state index contributed by atoms with van der Waals surface area (Å²) in [5.41, 5.74) is 1.05. The summed E-state index contributed by atoms with van der Waals surface area (Å²) in [6, 6.07) is 7.82. The van der Waals surface area contributed by atoms with Crippen molar-refractivity contribution in [3.05, 3.63) is 40.5 Å². The fourth-order valence-corrected chi connectivity index (χ4v) is 5.26. The summed E-state index contributed by atoms with van der Waals surface area (Å²) in [6.07, 6.45) is 2.16. The summed E-state index contributed by atoms with van der Waals surface area (Å²) < 4.78 is 12.1. The summed E-state index contributed by atoms with van der Waals surface area (Å²) in [5, 5.41) is 15.4. The number of aromatic nitrogens is 3. The monoisotopic (exact) mass is 444 g/mol. The van der Waals surface area contributed by atoms with Gasteiger partial charge in [0.2, 0.25) is 10.8 Å². The normalized spacial score (nSPS) is 16.5. The smallest absolute Gasteiger partial charge is 0.308 e. The molecule has 0 spiro atoms. The van der Waals surface area contributed by atoms with Crippen molar-refractivity contribution in [2.24, 2.45) is 5.92 Å². The summed E-state index contributed by atoms with van der Waals surface area (Å²) in [4.78, 5) is 20.3. The van der Waals surface area contributed by atoms with Crippen molar-refractivity contribution >= 4 is 22.3 Å². The topological polar surface area (TPSA) is 89.2 Å². The first-order valence-electron chi connectivity index (χ1n) is 10.7. The highest BCUT2D eigenvalue weighted by Gasteiger charge is 2.34. The number of rotatable bonds is 7. The van der Waals surface area contributed by atoms with Gasteiger partial charge in [0.1, 0.15) is 5.75 Å². The van der Waals surface area contributed by atoms with Crippen molar-refractivity contribution in [3.63, 3.8) is 0 Å². The second kappa shape index (κ2) is 9.23. The molecule has 1 N–H and O–H groups in total. The lowest BCUT2D eigenvalue weighted by Crippen LogP contribution is -2.39. The number of fused-ring (bicyclic) bond motifs is 1. The molecule has 0 amide bonds. The first-order chi connectivity index (χ1) is 15.0. The number of piperidine rings is 1. The molecule has 0 radical (unpaired) electrons. The molecule has 3 heterocycles. The Morgan fingerprint density at radius 1 is 1.26 bits per heavy atom. The molecular formula is C22H28N4O4S. The van der Waals surface area contributed by atoms with E-state index in [1.165, 1.54) is 23.0 Å². The van der Waals surface area contributed by atoms with Gasteiger partial charge in [-0.25, -0.2) is 4.98 Å². The van der Waals surface area contributed by atoms with Crippen molar-refractivity contribution < 1.29 is 19.4 Å².